The van der Waals surface area contributed by atoms with Gasteiger partial charge in [-0.25, -0.2) is 4.72 Å². The maximum atomic E-state index is 12.8. The van der Waals surface area contributed by atoms with Crippen LogP contribution in [0.2, 0.25) is 0 Å². The lowest BCUT2D eigenvalue weighted by atomic mass is 9.57. The van der Waals surface area contributed by atoms with Gasteiger partial charge >= 0.3 is 6.18 Å². The van der Waals surface area contributed by atoms with Gasteiger partial charge in [0.05, 0.1) is 11.1 Å². The number of hydrogen-bond donors (Lipinski definition) is 3. The number of hydrogen-bond acceptors (Lipinski definition) is 5. The van der Waals surface area contributed by atoms with E-state index in [2.05, 4.69) is 23.9 Å². The lowest BCUT2D eigenvalue weighted by Gasteiger charge is -2.49. The summed E-state index contributed by atoms with van der Waals surface area (Å²) in [5, 5.41) is 3.43. The van der Waals surface area contributed by atoms with Gasteiger partial charge in [-0.2, -0.15) is 13.2 Å². The minimum absolute atomic E-state index is 0.100. The maximum absolute atomic E-state index is 12.8. The number of carbonyl (C=O) groups excluding carboxylic acids is 2. The molecule has 0 saturated heterocycles. The van der Waals surface area contributed by atoms with E-state index < -0.39 is 17.3 Å². The monoisotopic (exact) mass is 513 g/mol. The second-order valence-electron chi connectivity index (χ2n) is 10.9. The summed E-state index contributed by atoms with van der Waals surface area (Å²) in [7, 11) is 2.04. The fourth-order valence-corrected chi connectivity index (χ4v) is 7.41. The smallest absolute Gasteiger partial charge is 0.369 e. The van der Waals surface area contributed by atoms with Crippen molar-refractivity contribution in [1.29, 1.82) is 0 Å². The molecule has 5 nitrogen and oxygen atoms in total. The molecule has 3 aliphatic rings. The summed E-state index contributed by atoms with van der Waals surface area (Å²) in [5.74, 6) is 1.96. The lowest BCUT2D eigenvalue weighted by molar-refractivity contribution is -0.139. The van der Waals surface area contributed by atoms with Crippen LogP contribution < -0.4 is 15.8 Å². The number of rotatable bonds is 6. The van der Waals surface area contributed by atoms with Crippen molar-refractivity contribution in [1.82, 2.24) is 10.0 Å². The first-order valence-corrected chi connectivity index (χ1v) is 13.3. The van der Waals surface area contributed by atoms with Gasteiger partial charge in [-0.1, -0.05) is 38.8 Å². The van der Waals surface area contributed by atoms with Crippen molar-refractivity contribution >= 4 is 24.1 Å². The molecule has 5 unspecified atom stereocenters. The van der Waals surface area contributed by atoms with Crippen LogP contribution in [-0.2, 0) is 15.8 Å². The SMILES string of the molecule is CNC1C(C)CC2CC1CC(C)(C(N)=O)C2.O=CC1(NSc2ccccc2C(F)(F)F)CCCC1. The van der Waals surface area contributed by atoms with Crippen LogP contribution >= 0.6 is 11.9 Å². The van der Waals surface area contributed by atoms with Crippen LogP contribution in [0.3, 0.4) is 0 Å². The van der Waals surface area contributed by atoms with E-state index in [4.69, 9.17) is 5.73 Å². The van der Waals surface area contributed by atoms with Gasteiger partial charge in [0, 0.05) is 16.4 Å². The number of halogens is 3. The van der Waals surface area contributed by atoms with E-state index in [1.54, 1.807) is 6.07 Å². The molecule has 2 bridgehead atoms. The Morgan fingerprint density at radius 2 is 1.83 bits per heavy atom. The number of fused-ring (bicyclic) bond motifs is 2. The van der Waals surface area contributed by atoms with Crippen LogP contribution in [0.15, 0.2) is 29.2 Å². The molecule has 35 heavy (non-hydrogen) atoms. The zero-order valence-corrected chi connectivity index (χ0v) is 21.6. The normalized spacial score (nSPS) is 31.8. The standard InChI is InChI=1S/C13H14F3NOS.C13H24N2O/c14-13(15,16)10-5-1-2-6-11(10)19-17-12(9-18)7-3-4-8-12;1-8-4-9-5-10(11(8)15-3)7-13(2,6-9)12(14)16/h1-2,5-6,9,17H,3-4,7-8H2;8-11,15H,4-7H2,1-3H3,(H2,14,16). The Kier molecular flexibility index (Phi) is 8.97. The highest BCUT2D eigenvalue weighted by molar-refractivity contribution is 7.97. The molecule has 196 valence electrons. The molecule has 3 saturated carbocycles. The third-order valence-corrected chi connectivity index (χ3v) is 9.20. The lowest BCUT2D eigenvalue weighted by Crippen LogP contribution is -2.52. The number of benzene rings is 1. The van der Waals surface area contributed by atoms with Crippen molar-refractivity contribution in [3.8, 4) is 0 Å². The van der Waals surface area contributed by atoms with Crippen molar-refractivity contribution in [2.24, 2.45) is 28.9 Å². The highest BCUT2D eigenvalue weighted by Crippen LogP contribution is 2.50. The van der Waals surface area contributed by atoms with Gasteiger partial charge in [-0.05, 0) is 87.4 Å². The minimum Gasteiger partial charge on any atom is -0.369 e. The van der Waals surface area contributed by atoms with Crippen molar-refractivity contribution in [3.05, 3.63) is 29.8 Å². The van der Waals surface area contributed by atoms with E-state index in [9.17, 15) is 22.8 Å². The van der Waals surface area contributed by atoms with E-state index >= 15 is 0 Å². The zero-order valence-electron chi connectivity index (χ0n) is 20.8. The average molecular weight is 514 g/mol. The molecule has 0 heterocycles. The summed E-state index contributed by atoms with van der Waals surface area (Å²) in [6, 6.07) is 5.94. The van der Waals surface area contributed by atoms with Gasteiger partial charge < -0.3 is 15.8 Å². The minimum atomic E-state index is -4.38. The Bertz CT molecular complexity index is 889. The fourth-order valence-electron chi connectivity index (χ4n) is 6.40. The molecule has 1 aromatic rings. The summed E-state index contributed by atoms with van der Waals surface area (Å²) < 4.78 is 41.4. The van der Waals surface area contributed by atoms with E-state index in [0.29, 0.717) is 30.7 Å². The van der Waals surface area contributed by atoms with Crippen LogP contribution in [-0.4, -0.2) is 30.8 Å². The average Bonchev–Trinajstić information content (AvgIpc) is 3.27. The molecular formula is C26H38F3N3O2S. The summed E-state index contributed by atoms with van der Waals surface area (Å²) in [6.45, 7) is 4.38. The third kappa shape index (κ3) is 6.60. The molecular weight excluding hydrogens is 475 g/mol. The van der Waals surface area contributed by atoms with E-state index in [1.165, 1.54) is 25.0 Å². The summed E-state index contributed by atoms with van der Waals surface area (Å²) in [4.78, 5) is 22.8. The second-order valence-corrected chi connectivity index (χ2v) is 11.7. The number of amides is 1. The molecule has 4 rings (SSSR count). The summed E-state index contributed by atoms with van der Waals surface area (Å²) in [6.07, 6.45) is 4.13. The van der Waals surface area contributed by atoms with Crippen molar-refractivity contribution in [2.75, 3.05) is 7.05 Å². The number of aldehydes is 1. The second kappa shape index (κ2) is 11.2. The molecule has 3 aliphatic carbocycles. The number of carbonyl (C=O) groups is 2. The molecule has 4 N–H and O–H groups in total. The van der Waals surface area contributed by atoms with Crippen LogP contribution in [0.25, 0.3) is 0 Å². The zero-order chi connectivity index (χ0) is 25.9. The van der Waals surface area contributed by atoms with E-state index in [0.717, 1.165) is 55.9 Å². The first kappa shape index (κ1) is 28.0. The van der Waals surface area contributed by atoms with Gasteiger partial charge in [0.25, 0.3) is 0 Å². The van der Waals surface area contributed by atoms with Gasteiger partial charge in [0.2, 0.25) is 5.91 Å². The van der Waals surface area contributed by atoms with Crippen molar-refractivity contribution in [3.63, 3.8) is 0 Å². The van der Waals surface area contributed by atoms with Gasteiger partial charge in [0.15, 0.2) is 0 Å². The Labute approximate surface area is 210 Å². The van der Waals surface area contributed by atoms with Crippen molar-refractivity contribution < 1.29 is 22.8 Å². The maximum Gasteiger partial charge on any atom is 0.417 e. The molecule has 9 heteroatoms. The Morgan fingerprint density at radius 1 is 1.17 bits per heavy atom. The molecule has 1 aromatic carbocycles. The molecule has 0 aromatic heterocycles. The van der Waals surface area contributed by atoms with Crippen molar-refractivity contribution in [2.45, 2.75) is 87.9 Å². The number of primary amides is 1. The topological polar surface area (TPSA) is 84.2 Å². The third-order valence-electron chi connectivity index (χ3n) is 8.12. The molecule has 0 aliphatic heterocycles. The van der Waals surface area contributed by atoms with Gasteiger partial charge in [-0.15, -0.1) is 0 Å². The van der Waals surface area contributed by atoms with Crippen LogP contribution in [0, 0.1) is 23.2 Å². The van der Waals surface area contributed by atoms with Crippen LogP contribution in [0.1, 0.15) is 70.8 Å². The van der Waals surface area contributed by atoms with Gasteiger partial charge in [-0.3, -0.25) is 4.79 Å². The Morgan fingerprint density at radius 3 is 2.40 bits per heavy atom. The molecule has 0 radical (unpaired) electrons. The number of nitrogens with two attached hydrogens (primary N) is 1. The van der Waals surface area contributed by atoms with Crippen LogP contribution in [0.5, 0.6) is 0 Å². The van der Waals surface area contributed by atoms with E-state index in [-0.39, 0.29) is 16.2 Å². The fraction of sp³-hybridized carbons (Fsp3) is 0.692. The first-order chi connectivity index (χ1) is 16.4. The molecule has 0 spiro atoms. The Balaban J connectivity index is 0.000000198. The quantitative estimate of drug-likeness (QED) is 0.353. The number of nitrogens with one attached hydrogen (secondary N) is 2. The predicted octanol–water partition coefficient (Wildman–Crippen LogP) is 5.34. The molecule has 3 fully saturated rings. The predicted molar refractivity (Wildman–Crippen MR) is 132 cm³/mol. The summed E-state index contributed by atoms with van der Waals surface area (Å²) >= 11 is 0.893. The summed E-state index contributed by atoms with van der Waals surface area (Å²) in [5.41, 5.74) is 3.95. The molecule has 1 amide bonds. The van der Waals surface area contributed by atoms with E-state index in [1.807, 2.05) is 7.05 Å². The highest BCUT2D eigenvalue weighted by Gasteiger charge is 2.47. The van der Waals surface area contributed by atoms with Gasteiger partial charge in [0.1, 0.15) is 6.29 Å². The van der Waals surface area contributed by atoms with Crippen LogP contribution in [0.4, 0.5) is 13.2 Å². The number of alkyl halides is 3. The first-order valence-electron chi connectivity index (χ1n) is 12.5. The Hall–Kier alpha value is -1.58. The largest absolute Gasteiger partial charge is 0.417 e. The highest BCUT2D eigenvalue weighted by atomic mass is 32.2. The molecule has 5 atom stereocenters.